The SMILES string of the molecule is CC.CC1CCC(C)CC1.O. The van der Waals surface area contributed by atoms with E-state index in [1.807, 2.05) is 13.8 Å². The van der Waals surface area contributed by atoms with Crippen molar-refractivity contribution < 1.29 is 5.48 Å². The summed E-state index contributed by atoms with van der Waals surface area (Å²) in [7, 11) is 0. The Balaban J connectivity index is 0. The average Bonchev–Trinajstić information content (AvgIpc) is 2.00. The Morgan fingerprint density at radius 1 is 0.727 bits per heavy atom. The monoisotopic (exact) mass is 160 g/mol. The molecular weight excluding hydrogens is 136 g/mol. The fourth-order valence-corrected chi connectivity index (χ4v) is 1.43. The van der Waals surface area contributed by atoms with Crippen molar-refractivity contribution in [3.05, 3.63) is 0 Å². The van der Waals surface area contributed by atoms with E-state index in [1.165, 1.54) is 25.7 Å². The molecule has 0 radical (unpaired) electrons. The van der Waals surface area contributed by atoms with Crippen molar-refractivity contribution in [2.24, 2.45) is 11.8 Å². The molecule has 1 saturated carbocycles. The Kier molecular flexibility index (Phi) is 9.92. The van der Waals surface area contributed by atoms with E-state index in [4.69, 9.17) is 0 Å². The van der Waals surface area contributed by atoms with Gasteiger partial charge in [-0.05, 0) is 11.8 Å². The third kappa shape index (κ3) is 6.36. The Hall–Kier alpha value is -0.0400. The van der Waals surface area contributed by atoms with Crippen LogP contribution in [0.3, 0.4) is 0 Å². The van der Waals surface area contributed by atoms with E-state index in [0.29, 0.717) is 0 Å². The fraction of sp³-hybridized carbons (Fsp3) is 1.00. The summed E-state index contributed by atoms with van der Waals surface area (Å²) in [6.07, 6.45) is 5.89. The first-order valence-corrected chi connectivity index (χ1v) is 4.79. The lowest BCUT2D eigenvalue weighted by Crippen LogP contribution is -2.08. The fourth-order valence-electron chi connectivity index (χ4n) is 1.43. The van der Waals surface area contributed by atoms with Crippen LogP contribution in [-0.2, 0) is 0 Å². The van der Waals surface area contributed by atoms with Crippen molar-refractivity contribution in [2.45, 2.75) is 53.4 Å². The maximum absolute atomic E-state index is 2.37. The van der Waals surface area contributed by atoms with Gasteiger partial charge in [0.05, 0.1) is 0 Å². The Morgan fingerprint density at radius 3 is 1.09 bits per heavy atom. The summed E-state index contributed by atoms with van der Waals surface area (Å²) < 4.78 is 0. The first-order chi connectivity index (χ1) is 4.79. The highest BCUT2D eigenvalue weighted by Crippen LogP contribution is 2.27. The molecule has 0 unspecified atom stereocenters. The van der Waals surface area contributed by atoms with E-state index in [2.05, 4.69) is 13.8 Å². The van der Waals surface area contributed by atoms with Crippen LogP contribution in [0.5, 0.6) is 0 Å². The Bertz CT molecular complexity index is 53.3. The van der Waals surface area contributed by atoms with Crippen molar-refractivity contribution in [1.29, 1.82) is 0 Å². The normalized spacial score (nSPS) is 29.5. The maximum Gasteiger partial charge on any atom is -0.0443 e. The van der Waals surface area contributed by atoms with Crippen molar-refractivity contribution in [2.75, 3.05) is 0 Å². The zero-order valence-electron chi connectivity index (χ0n) is 8.48. The first kappa shape index (κ1) is 13.5. The first-order valence-electron chi connectivity index (χ1n) is 4.79. The van der Waals surface area contributed by atoms with Crippen molar-refractivity contribution in [1.82, 2.24) is 0 Å². The van der Waals surface area contributed by atoms with Gasteiger partial charge < -0.3 is 5.48 Å². The van der Waals surface area contributed by atoms with E-state index in [9.17, 15) is 0 Å². The molecule has 70 valence electrons. The molecule has 0 aromatic heterocycles. The van der Waals surface area contributed by atoms with E-state index in [1.54, 1.807) is 0 Å². The van der Waals surface area contributed by atoms with Gasteiger partial charge >= 0.3 is 0 Å². The lowest BCUT2D eigenvalue weighted by Gasteiger charge is -2.22. The smallest absolute Gasteiger partial charge is 0.0443 e. The van der Waals surface area contributed by atoms with E-state index < -0.39 is 0 Å². The van der Waals surface area contributed by atoms with Gasteiger partial charge in [-0.3, -0.25) is 0 Å². The summed E-state index contributed by atoms with van der Waals surface area (Å²) in [4.78, 5) is 0. The van der Waals surface area contributed by atoms with Crippen LogP contribution in [0, 0.1) is 11.8 Å². The van der Waals surface area contributed by atoms with Gasteiger partial charge in [-0.15, -0.1) is 0 Å². The second-order valence-corrected chi connectivity index (χ2v) is 3.37. The van der Waals surface area contributed by atoms with Crippen LogP contribution in [0.15, 0.2) is 0 Å². The third-order valence-electron chi connectivity index (χ3n) is 2.30. The van der Waals surface area contributed by atoms with Gasteiger partial charge in [-0.1, -0.05) is 53.4 Å². The van der Waals surface area contributed by atoms with Crippen molar-refractivity contribution in [3.8, 4) is 0 Å². The predicted molar refractivity (Wildman–Crippen MR) is 51.8 cm³/mol. The minimum Gasteiger partial charge on any atom is -0.412 e. The molecule has 0 aromatic rings. The van der Waals surface area contributed by atoms with E-state index in [0.717, 1.165) is 11.8 Å². The van der Waals surface area contributed by atoms with Gasteiger partial charge in [0.15, 0.2) is 0 Å². The van der Waals surface area contributed by atoms with Crippen LogP contribution in [0.4, 0.5) is 0 Å². The number of rotatable bonds is 0. The molecule has 0 aliphatic heterocycles. The lowest BCUT2D eigenvalue weighted by atomic mass is 9.84. The molecule has 1 heteroatoms. The Labute approximate surface area is 71.5 Å². The summed E-state index contributed by atoms with van der Waals surface area (Å²) in [6.45, 7) is 8.73. The van der Waals surface area contributed by atoms with Crippen LogP contribution >= 0.6 is 0 Å². The third-order valence-corrected chi connectivity index (χ3v) is 2.30. The minimum atomic E-state index is 0. The summed E-state index contributed by atoms with van der Waals surface area (Å²) in [5, 5.41) is 0. The molecule has 0 saturated heterocycles. The minimum absolute atomic E-state index is 0. The molecular formula is C10H24O. The molecule has 0 heterocycles. The molecule has 1 nitrogen and oxygen atoms in total. The second kappa shape index (κ2) is 8.06. The standard InChI is InChI=1S/C8H16.C2H6.H2O/c1-7-3-5-8(2)6-4-7;1-2;/h7-8H,3-6H2,1-2H3;1-2H3;1H2. The van der Waals surface area contributed by atoms with Crippen LogP contribution in [0.25, 0.3) is 0 Å². The van der Waals surface area contributed by atoms with Gasteiger partial charge in [0.1, 0.15) is 0 Å². The number of hydrogen-bond donors (Lipinski definition) is 0. The number of hydrogen-bond acceptors (Lipinski definition) is 0. The zero-order chi connectivity index (χ0) is 7.98. The van der Waals surface area contributed by atoms with E-state index >= 15 is 0 Å². The predicted octanol–water partition coefficient (Wildman–Crippen LogP) is 3.03. The Morgan fingerprint density at radius 2 is 0.909 bits per heavy atom. The second-order valence-electron chi connectivity index (χ2n) is 3.37. The molecule has 1 fully saturated rings. The molecule has 11 heavy (non-hydrogen) atoms. The zero-order valence-corrected chi connectivity index (χ0v) is 8.48. The van der Waals surface area contributed by atoms with Gasteiger partial charge in [0, 0.05) is 0 Å². The maximum atomic E-state index is 2.37. The average molecular weight is 160 g/mol. The molecule has 0 spiro atoms. The van der Waals surface area contributed by atoms with Crippen LogP contribution in [-0.4, -0.2) is 5.48 Å². The molecule has 0 aromatic carbocycles. The van der Waals surface area contributed by atoms with Gasteiger partial charge in [-0.25, -0.2) is 0 Å². The van der Waals surface area contributed by atoms with Crippen LogP contribution in [0.2, 0.25) is 0 Å². The topological polar surface area (TPSA) is 31.5 Å². The highest BCUT2D eigenvalue weighted by atomic mass is 16.0. The molecule has 1 rings (SSSR count). The van der Waals surface area contributed by atoms with Crippen molar-refractivity contribution in [3.63, 3.8) is 0 Å². The quantitative estimate of drug-likeness (QED) is 0.521. The van der Waals surface area contributed by atoms with Crippen LogP contribution < -0.4 is 0 Å². The molecule has 0 bridgehead atoms. The van der Waals surface area contributed by atoms with Gasteiger partial charge in [0.25, 0.3) is 0 Å². The van der Waals surface area contributed by atoms with Crippen molar-refractivity contribution >= 4 is 0 Å². The molecule has 0 amide bonds. The summed E-state index contributed by atoms with van der Waals surface area (Å²) in [5.41, 5.74) is 0. The molecule has 1 aliphatic carbocycles. The van der Waals surface area contributed by atoms with Crippen LogP contribution in [0.1, 0.15) is 53.4 Å². The molecule has 0 atom stereocenters. The van der Waals surface area contributed by atoms with Gasteiger partial charge in [-0.2, -0.15) is 0 Å². The lowest BCUT2D eigenvalue weighted by molar-refractivity contribution is 0.308. The van der Waals surface area contributed by atoms with Gasteiger partial charge in [0.2, 0.25) is 0 Å². The highest BCUT2D eigenvalue weighted by Gasteiger charge is 2.13. The highest BCUT2D eigenvalue weighted by molar-refractivity contribution is 4.65. The molecule has 1 aliphatic rings. The summed E-state index contributed by atoms with van der Waals surface area (Å²) in [6, 6.07) is 0. The summed E-state index contributed by atoms with van der Waals surface area (Å²) >= 11 is 0. The van der Waals surface area contributed by atoms with E-state index in [-0.39, 0.29) is 5.48 Å². The largest absolute Gasteiger partial charge is 0.412 e. The molecule has 2 N–H and O–H groups in total. The summed E-state index contributed by atoms with van der Waals surface area (Å²) in [5.74, 6) is 2.04.